The van der Waals surface area contributed by atoms with E-state index in [9.17, 15) is 13.2 Å². The first-order chi connectivity index (χ1) is 11.3. The standard InChI is InChI=1S/C18H19F3N2S/c1-12-3-8-16(11-13(12)2)23-17(24)22-10-9-14-4-6-15(7-5-14)18(19,20)21/h3-8,11H,9-10H2,1-2H3,(H2,22,23,24). The monoisotopic (exact) mass is 352 g/mol. The molecule has 0 heterocycles. The number of rotatable bonds is 4. The molecular weight excluding hydrogens is 333 g/mol. The Labute approximate surface area is 145 Å². The first kappa shape index (κ1) is 18.3. The number of anilines is 1. The Hall–Kier alpha value is -2.08. The third-order valence-electron chi connectivity index (χ3n) is 3.75. The summed E-state index contributed by atoms with van der Waals surface area (Å²) in [5.74, 6) is 0. The van der Waals surface area contributed by atoms with Gasteiger partial charge in [0.2, 0.25) is 0 Å². The summed E-state index contributed by atoms with van der Waals surface area (Å²) >= 11 is 5.23. The van der Waals surface area contributed by atoms with Crippen LogP contribution >= 0.6 is 12.2 Å². The van der Waals surface area contributed by atoms with Crippen LogP contribution in [0.4, 0.5) is 18.9 Å². The Morgan fingerprint density at radius 3 is 2.25 bits per heavy atom. The van der Waals surface area contributed by atoms with Crippen molar-refractivity contribution >= 4 is 23.0 Å². The highest BCUT2D eigenvalue weighted by molar-refractivity contribution is 7.80. The van der Waals surface area contributed by atoms with Crippen LogP contribution in [0.5, 0.6) is 0 Å². The molecule has 2 N–H and O–H groups in total. The van der Waals surface area contributed by atoms with Crippen LogP contribution in [0.15, 0.2) is 42.5 Å². The van der Waals surface area contributed by atoms with E-state index in [1.165, 1.54) is 23.3 Å². The number of thiocarbonyl (C=S) groups is 1. The van der Waals surface area contributed by atoms with Gasteiger partial charge in [0.25, 0.3) is 0 Å². The van der Waals surface area contributed by atoms with E-state index in [0.29, 0.717) is 18.1 Å². The predicted molar refractivity (Wildman–Crippen MR) is 95.3 cm³/mol. The summed E-state index contributed by atoms with van der Waals surface area (Å²) in [6.07, 6.45) is -3.71. The quantitative estimate of drug-likeness (QED) is 0.769. The van der Waals surface area contributed by atoms with E-state index in [0.717, 1.165) is 23.4 Å². The Kier molecular flexibility index (Phi) is 5.83. The Morgan fingerprint density at radius 2 is 1.67 bits per heavy atom. The smallest absolute Gasteiger partial charge is 0.362 e. The van der Waals surface area contributed by atoms with E-state index in [1.807, 2.05) is 32.0 Å². The van der Waals surface area contributed by atoms with Gasteiger partial charge in [0, 0.05) is 12.2 Å². The highest BCUT2D eigenvalue weighted by Crippen LogP contribution is 2.29. The zero-order valence-electron chi connectivity index (χ0n) is 13.5. The number of aryl methyl sites for hydroxylation is 2. The van der Waals surface area contributed by atoms with Crippen molar-refractivity contribution in [2.24, 2.45) is 0 Å². The molecule has 0 saturated carbocycles. The van der Waals surface area contributed by atoms with Crippen molar-refractivity contribution in [1.82, 2.24) is 5.32 Å². The zero-order valence-corrected chi connectivity index (χ0v) is 14.3. The number of hydrogen-bond acceptors (Lipinski definition) is 1. The fraction of sp³-hybridized carbons (Fsp3) is 0.278. The molecule has 6 heteroatoms. The molecule has 0 aliphatic rings. The van der Waals surface area contributed by atoms with Crippen molar-refractivity contribution in [1.29, 1.82) is 0 Å². The minimum absolute atomic E-state index is 0.491. The average Bonchev–Trinajstić information content (AvgIpc) is 2.50. The maximum absolute atomic E-state index is 12.5. The summed E-state index contributed by atoms with van der Waals surface area (Å²) in [5, 5.41) is 6.64. The van der Waals surface area contributed by atoms with Gasteiger partial charge in [0.15, 0.2) is 5.11 Å². The van der Waals surface area contributed by atoms with Crippen molar-refractivity contribution in [3.05, 3.63) is 64.7 Å². The molecule has 0 aliphatic carbocycles. The van der Waals surface area contributed by atoms with Crippen LogP contribution in [0.2, 0.25) is 0 Å². The molecule has 0 radical (unpaired) electrons. The Balaban J connectivity index is 1.81. The van der Waals surface area contributed by atoms with Crippen molar-refractivity contribution in [2.75, 3.05) is 11.9 Å². The van der Waals surface area contributed by atoms with Gasteiger partial charge in [-0.2, -0.15) is 13.2 Å². The largest absolute Gasteiger partial charge is 0.416 e. The first-order valence-corrected chi connectivity index (χ1v) is 7.95. The van der Waals surface area contributed by atoms with Crippen molar-refractivity contribution < 1.29 is 13.2 Å². The normalized spacial score (nSPS) is 11.2. The van der Waals surface area contributed by atoms with Crippen LogP contribution in [0, 0.1) is 13.8 Å². The number of halogens is 3. The lowest BCUT2D eigenvalue weighted by Crippen LogP contribution is -2.30. The fourth-order valence-electron chi connectivity index (χ4n) is 2.18. The summed E-state index contributed by atoms with van der Waals surface area (Å²) in [4.78, 5) is 0. The van der Waals surface area contributed by atoms with E-state index in [-0.39, 0.29) is 0 Å². The number of hydrogen-bond donors (Lipinski definition) is 2. The van der Waals surface area contributed by atoms with Crippen LogP contribution in [-0.4, -0.2) is 11.7 Å². The summed E-state index contributed by atoms with van der Waals surface area (Å²) in [7, 11) is 0. The number of benzene rings is 2. The molecule has 0 unspecified atom stereocenters. The second-order valence-corrected chi connectivity index (χ2v) is 6.03. The summed E-state index contributed by atoms with van der Waals surface area (Å²) in [6.45, 7) is 4.61. The molecule has 0 saturated heterocycles. The van der Waals surface area contributed by atoms with Gasteiger partial charge in [-0.05, 0) is 73.4 Å². The van der Waals surface area contributed by atoms with Gasteiger partial charge in [-0.25, -0.2) is 0 Å². The Morgan fingerprint density at radius 1 is 1.00 bits per heavy atom. The summed E-state index contributed by atoms with van der Waals surface area (Å²) < 4.78 is 37.5. The molecule has 2 aromatic carbocycles. The fourth-order valence-corrected chi connectivity index (χ4v) is 2.40. The lowest BCUT2D eigenvalue weighted by molar-refractivity contribution is -0.137. The number of nitrogens with one attached hydrogen (secondary N) is 2. The molecule has 0 atom stereocenters. The molecule has 0 amide bonds. The zero-order chi connectivity index (χ0) is 17.7. The van der Waals surface area contributed by atoms with Crippen molar-refractivity contribution in [3.8, 4) is 0 Å². The Bertz CT molecular complexity index is 709. The lowest BCUT2D eigenvalue weighted by atomic mass is 10.1. The van der Waals surface area contributed by atoms with E-state index in [4.69, 9.17) is 12.2 Å². The van der Waals surface area contributed by atoms with E-state index in [1.54, 1.807) is 0 Å². The van der Waals surface area contributed by atoms with E-state index >= 15 is 0 Å². The summed E-state index contributed by atoms with van der Waals surface area (Å²) in [6, 6.07) is 11.2. The number of alkyl halides is 3. The highest BCUT2D eigenvalue weighted by Gasteiger charge is 2.29. The molecule has 2 aromatic rings. The third-order valence-corrected chi connectivity index (χ3v) is 3.99. The van der Waals surface area contributed by atoms with Gasteiger partial charge in [0.05, 0.1) is 5.56 Å². The van der Waals surface area contributed by atoms with Gasteiger partial charge < -0.3 is 10.6 Å². The minimum atomic E-state index is -4.30. The van der Waals surface area contributed by atoms with Crippen LogP contribution in [0.25, 0.3) is 0 Å². The maximum Gasteiger partial charge on any atom is 0.416 e. The predicted octanol–water partition coefficient (Wildman–Crippen LogP) is 4.85. The lowest BCUT2D eigenvalue weighted by Gasteiger charge is -2.12. The molecule has 0 spiro atoms. The molecule has 2 rings (SSSR count). The van der Waals surface area contributed by atoms with E-state index in [2.05, 4.69) is 10.6 Å². The first-order valence-electron chi connectivity index (χ1n) is 7.54. The highest BCUT2D eigenvalue weighted by atomic mass is 32.1. The van der Waals surface area contributed by atoms with Gasteiger partial charge in [-0.1, -0.05) is 18.2 Å². The van der Waals surface area contributed by atoms with Crippen LogP contribution in [0.1, 0.15) is 22.3 Å². The van der Waals surface area contributed by atoms with Crippen molar-refractivity contribution in [3.63, 3.8) is 0 Å². The van der Waals surface area contributed by atoms with Gasteiger partial charge in [-0.3, -0.25) is 0 Å². The topological polar surface area (TPSA) is 24.1 Å². The van der Waals surface area contributed by atoms with Crippen LogP contribution in [0.3, 0.4) is 0 Å². The minimum Gasteiger partial charge on any atom is -0.362 e. The average molecular weight is 352 g/mol. The molecule has 0 bridgehead atoms. The van der Waals surface area contributed by atoms with Gasteiger partial charge in [0.1, 0.15) is 0 Å². The molecular formula is C18H19F3N2S. The van der Waals surface area contributed by atoms with Crippen molar-refractivity contribution in [2.45, 2.75) is 26.4 Å². The molecule has 2 nitrogen and oxygen atoms in total. The van der Waals surface area contributed by atoms with Gasteiger partial charge in [-0.15, -0.1) is 0 Å². The van der Waals surface area contributed by atoms with Gasteiger partial charge >= 0.3 is 6.18 Å². The molecule has 0 aromatic heterocycles. The molecule has 24 heavy (non-hydrogen) atoms. The van der Waals surface area contributed by atoms with Crippen LogP contribution < -0.4 is 10.6 Å². The third kappa shape index (κ3) is 5.23. The molecule has 0 fully saturated rings. The molecule has 128 valence electrons. The van der Waals surface area contributed by atoms with E-state index < -0.39 is 11.7 Å². The molecule has 0 aliphatic heterocycles. The maximum atomic E-state index is 12.5. The second kappa shape index (κ2) is 7.66. The van der Waals surface area contributed by atoms with Crippen LogP contribution in [-0.2, 0) is 12.6 Å². The SMILES string of the molecule is Cc1ccc(NC(=S)NCCc2ccc(C(F)(F)F)cc2)cc1C. The second-order valence-electron chi connectivity index (χ2n) is 5.62. The summed E-state index contributed by atoms with van der Waals surface area (Å²) in [5.41, 5.74) is 3.48.